The lowest BCUT2D eigenvalue weighted by Crippen LogP contribution is -2.42. The molecule has 3 rings (SSSR count). The Labute approximate surface area is 131 Å². The molecule has 0 amide bonds. The smallest absolute Gasteiger partial charge is 0.229 e. The first-order chi connectivity index (χ1) is 10.7. The van der Waals surface area contributed by atoms with E-state index in [-0.39, 0.29) is 0 Å². The normalized spacial score (nSPS) is 22.1. The van der Waals surface area contributed by atoms with Crippen molar-refractivity contribution in [2.75, 3.05) is 0 Å². The Morgan fingerprint density at radius 3 is 3.09 bits per heavy atom. The molecule has 2 aromatic heterocycles. The second-order valence-corrected chi connectivity index (χ2v) is 5.79. The summed E-state index contributed by atoms with van der Waals surface area (Å²) in [4.78, 5) is 7.12. The molecule has 0 radical (unpaired) electrons. The van der Waals surface area contributed by atoms with Gasteiger partial charge < -0.3 is 8.83 Å². The molecule has 0 unspecified atom stereocenters. The van der Waals surface area contributed by atoms with E-state index in [2.05, 4.69) is 35.5 Å². The van der Waals surface area contributed by atoms with Crippen LogP contribution in [-0.2, 0) is 6.54 Å². The minimum Gasteiger partial charge on any atom is -0.472 e. The van der Waals surface area contributed by atoms with Gasteiger partial charge in [-0.2, -0.15) is 0 Å². The van der Waals surface area contributed by atoms with Crippen LogP contribution in [0.5, 0.6) is 0 Å². The number of oxazole rings is 1. The van der Waals surface area contributed by atoms with Crippen LogP contribution in [-0.4, -0.2) is 22.0 Å². The van der Waals surface area contributed by atoms with Crippen molar-refractivity contribution in [3.8, 4) is 11.5 Å². The van der Waals surface area contributed by atoms with Gasteiger partial charge in [0.1, 0.15) is 12.0 Å². The molecule has 1 aliphatic rings. The Morgan fingerprint density at radius 2 is 2.36 bits per heavy atom. The largest absolute Gasteiger partial charge is 0.472 e. The first-order valence-corrected chi connectivity index (χ1v) is 7.71. The number of aromatic nitrogens is 1. The summed E-state index contributed by atoms with van der Waals surface area (Å²) in [6.07, 6.45) is 11.8. The Bertz CT molecular complexity index is 655. The van der Waals surface area contributed by atoms with E-state index in [4.69, 9.17) is 8.83 Å². The van der Waals surface area contributed by atoms with Gasteiger partial charge in [0.15, 0.2) is 0 Å². The molecule has 2 atom stereocenters. The lowest BCUT2D eigenvalue weighted by Gasteiger charge is -2.36. The molecule has 0 saturated heterocycles. The van der Waals surface area contributed by atoms with E-state index in [0.29, 0.717) is 18.0 Å². The van der Waals surface area contributed by atoms with E-state index in [1.807, 2.05) is 19.1 Å². The molecule has 2 aromatic rings. The number of hydrogen-bond acceptors (Lipinski definition) is 4. The minimum atomic E-state index is 0.396. The Kier molecular flexibility index (Phi) is 4.29. The summed E-state index contributed by atoms with van der Waals surface area (Å²) in [6.45, 7) is 8.86. The zero-order valence-electron chi connectivity index (χ0n) is 13.2. The number of rotatable bonds is 5. The number of hydrogen-bond donors (Lipinski definition) is 0. The standard InChI is InChI=1S/C18H22N2O2/c1-4-6-16-8-5-7-13(2)20(16)11-17-14(3)22-18(19-17)15-9-10-21-12-15/h4-5,7,9-10,12-13,16H,1,6,8,11H2,2-3H3/t13-,16-/m1/s1. The molecule has 22 heavy (non-hydrogen) atoms. The topological polar surface area (TPSA) is 42.4 Å². The summed E-state index contributed by atoms with van der Waals surface area (Å²) in [5.41, 5.74) is 1.87. The summed E-state index contributed by atoms with van der Waals surface area (Å²) in [7, 11) is 0. The van der Waals surface area contributed by atoms with Crippen molar-refractivity contribution in [3.05, 3.63) is 54.9 Å². The van der Waals surface area contributed by atoms with E-state index in [0.717, 1.165) is 36.4 Å². The lowest BCUT2D eigenvalue weighted by atomic mass is 10.00. The predicted molar refractivity (Wildman–Crippen MR) is 86.3 cm³/mol. The first kappa shape index (κ1) is 14.9. The van der Waals surface area contributed by atoms with Gasteiger partial charge in [-0.15, -0.1) is 6.58 Å². The molecule has 0 aliphatic carbocycles. The fourth-order valence-corrected chi connectivity index (χ4v) is 2.97. The molecular weight excluding hydrogens is 276 g/mol. The van der Waals surface area contributed by atoms with Crippen LogP contribution in [0.3, 0.4) is 0 Å². The van der Waals surface area contributed by atoms with Crippen LogP contribution < -0.4 is 0 Å². The van der Waals surface area contributed by atoms with E-state index in [1.165, 1.54) is 0 Å². The second kappa shape index (κ2) is 6.36. The van der Waals surface area contributed by atoms with Gasteiger partial charge in [-0.05, 0) is 32.8 Å². The molecule has 116 valence electrons. The maximum Gasteiger partial charge on any atom is 0.229 e. The molecule has 0 bridgehead atoms. The van der Waals surface area contributed by atoms with Crippen molar-refractivity contribution in [3.63, 3.8) is 0 Å². The molecule has 0 aromatic carbocycles. The Balaban J connectivity index is 1.82. The number of nitrogens with zero attached hydrogens (tertiary/aromatic N) is 2. The van der Waals surface area contributed by atoms with Crippen molar-refractivity contribution in [1.82, 2.24) is 9.88 Å². The molecule has 4 heteroatoms. The van der Waals surface area contributed by atoms with Crippen LogP contribution in [0.4, 0.5) is 0 Å². The van der Waals surface area contributed by atoms with Crippen molar-refractivity contribution in [2.45, 2.75) is 45.3 Å². The molecule has 0 spiro atoms. The van der Waals surface area contributed by atoms with Crippen LogP contribution >= 0.6 is 0 Å². The molecule has 4 nitrogen and oxygen atoms in total. The van der Waals surface area contributed by atoms with Gasteiger partial charge in [-0.3, -0.25) is 4.90 Å². The molecular formula is C18H22N2O2. The van der Waals surface area contributed by atoms with E-state index < -0.39 is 0 Å². The summed E-state index contributed by atoms with van der Waals surface area (Å²) in [6, 6.07) is 2.74. The van der Waals surface area contributed by atoms with Gasteiger partial charge in [-0.25, -0.2) is 4.98 Å². The number of aryl methyl sites for hydroxylation is 1. The number of furan rings is 1. The molecule has 0 saturated carbocycles. The van der Waals surface area contributed by atoms with Crippen LogP contribution in [0.1, 0.15) is 31.2 Å². The van der Waals surface area contributed by atoms with Crippen molar-refractivity contribution < 1.29 is 8.83 Å². The highest BCUT2D eigenvalue weighted by molar-refractivity contribution is 5.51. The Morgan fingerprint density at radius 1 is 1.50 bits per heavy atom. The summed E-state index contributed by atoms with van der Waals surface area (Å²) in [5.74, 6) is 1.50. The average molecular weight is 298 g/mol. The maximum atomic E-state index is 5.80. The van der Waals surface area contributed by atoms with E-state index >= 15 is 0 Å². The fraction of sp³-hybridized carbons (Fsp3) is 0.389. The van der Waals surface area contributed by atoms with Crippen LogP contribution in [0.25, 0.3) is 11.5 Å². The summed E-state index contributed by atoms with van der Waals surface area (Å²) in [5, 5.41) is 0. The van der Waals surface area contributed by atoms with Crippen LogP contribution in [0.15, 0.2) is 52.2 Å². The molecule has 0 fully saturated rings. The van der Waals surface area contributed by atoms with Gasteiger partial charge in [0.05, 0.1) is 17.5 Å². The zero-order valence-corrected chi connectivity index (χ0v) is 13.2. The first-order valence-electron chi connectivity index (χ1n) is 7.71. The van der Waals surface area contributed by atoms with Gasteiger partial charge >= 0.3 is 0 Å². The maximum absolute atomic E-state index is 5.80. The van der Waals surface area contributed by atoms with Crippen molar-refractivity contribution in [2.24, 2.45) is 0 Å². The van der Waals surface area contributed by atoms with E-state index in [9.17, 15) is 0 Å². The van der Waals surface area contributed by atoms with Crippen molar-refractivity contribution >= 4 is 0 Å². The minimum absolute atomic E-state index is 0.396. The Hall–Kier alpha value is -2.07. The monoisotopic (exact) mass is 298 g/mol. The highest BCUT2D eigenvalue weighted by Crippen LogP contribution is 2.26. The zero-order chi connectivity index (χ0) is 15.5. The highest BCUT2D eigenvalue weighted by atomic mass is 16.4. The average Bonchev–Trinajstić information content (AvgIpc) is 3.13. The van der Waals surface area contributed by atoms with E-state index in [1.54, 1.807) is 12.5 Å². The van der Waals surface area contributed by atoms with Gasteiger partial charge in [0.25, 0.3) is 0 Å². The highest BCUT2D eigenvalue weighted by Gasteiger charge is 2.26. The lowest BCUT2D eigenvalue weighted by molar-refractivity contribution is 0.148. The quantitative estimate of drug-likeness (QED) is 0.770. The fourth-order valence-electron chi connectivity index (χ4n) is 2.97. The van der Waals surface area contributed by atoms with Gasteiger partial charge in [0, 0.05) is 18.6 Å². The molecule has 3 heterocycles. The third-order valence-corrected chi connectivity index (χ3v) is 4.25. The summed E-state index contributed by atoms with van der Waals surface area (Å²) < 4.78 is 10.9. The van der Waals surface area contributed by atoms with Gasteiger partial charge in [-0.1, -0.05) is 18.2 Å². The third-order valence-electron chi connectivity index (χ3n) is 4.25. The van der Waals surface area contributed by atoms with Crippen molar-refractivity contribution in [1.29, 1.82) is 0 Å². The van der Waals surface area contributed by atoms with Crippen LogP contribution in [0, 0.1) is 6.92 Å². The second-order valence-electron chi connectivity index (χ2n) is 5.79. The predicted octanol–water partition coefficient (Wildman–Crippen LogP) is 4.34. The third kappa shape index (κ3) is 2.92. The van der Waals surface area contributed by atoms with Gasteiger partial charge in [0.2, 0.25) is 5.89 Å². The summed E-state index contributed by atoms with van der Waals surface area (Å²) >= 11 is 0. The van der Waals surface area contributed by atoms with Crippen LogP contribution in [0.2, 0.25) is 0 Å². The molecule has 1 aliphatic heterocycles. The SMILES string of the molecule is C=CC[C@@H]1CC=C[C@@H](C)N1Cc1nc(-c2ccoc2)oc1C. The molecule has 0 N–H and O–H groups in total.